The SMILES string of the molecule is CCC(C(=O)O)C1(O)CCCC(C)(C)C1. The van der Waals surface area contributed by atoms with Crippen molar-refractivity contribution in [2.75, 3.05) is 0 Å². The summed E-state index contributed by atoms with van der Waals surface area (Å²) in [4.78, 5) is 11.1. The highest BCUT2D eigenvalue weighted by atomic mass is 16.4. The number of aliphatic carboxylic acids is 1. The lowest BCUT2D eigenvalue weighted by atomic mass is 9.65. The van der Waals surface area contributed by atoms with Gasteiger partial charge in [0.15, 0.2) is 0 Å². The van der Waals surface area contributed by atoms with Crippen LogP contribution in [0, 0.1) is 11.3 Å². The van der Waals surface area contributed by atoms with E-state index >= 15 is 0 Å². The first-order valence-electron chi connectivity index (χ1n) is 5.76. The Labute approximate surface area is 91.5 Å². The molecule has 3 heteroatoms. The van der Waals surface area contributed by atoms with E-state index in [1.807, 2.05) is 6.92 Å². The molecule has 0 aromatic carbocycles. The second-order valence-corrected chi connectivity index (χ2v) is 5.60. The van der Waals surface area contributed by atoms with Gasteiger partial charge in [0.1, 0.15) is 0 Å². The van der Waals surface area contributed by atoms with E-state index in [4.69, 9.17) is 5.11 Å². The Morgan fingerprint density at radius 2 is 2.00 bits per heavy atom. The van der Waals surface area contributed by atoms with Gasteiger partial charge < -0.3 is 10.2 Å². The van der Waals surface area contributed by atoms with Gasteiger partial charge in [0.25, 0.3) is 0 Å². The molecule has 0 aromatic rings. The zero-order chi connectivity index (χ0) is 11.7. The van der Waals surface area contributed by atoms with Gasteiger partial charge in [-0.1, -0.05) is 27.2 Å². The van der Waals surface area contributed by atoms with E-state index in [9.17, 15) is 9.90 Å². The average Bonchev–Trinajstić information content (AvgIpc) is 2.00. The molecule has 0 amide bonds. The second kappa shape index (κ2) is 4.12. The first-order chi connectivity index (χ1) is 6.81. The lowest BCUT2D eigenvalue weighted by molar-refractivity contribution is -0.158. The highest BCUT2D eigenvalue weighted by molar-refractivity contribution is 5.71. The van der Waals surface area contributed by atoms with Crippen molar-refractivity contribution in [2.24, 2.45) is 11.3 Å². The Bertz CT molecular complexity index is 247. The topological polar surface area (TPSA) is 57.5 Å². The molecule has 0 aromatic heterocycles. The molecule has 0 heterocycles. The maximum Gasteiger partial charge on any atom is 0.309 e. The average molecular weight is 214 g/mol. The van der Waals surface area contributed by atoms with Crippen molar-refractivity contribution in [3.63, 3.8) is 0 Å². The van der Waals surface area contributed by atoms with E-state index in [0.29, 0.717) is 19.3 Å². The first kappa shape index (κ1) is 12.5. The van der Waals surface area contributed by atoms with Gasteiger partial charge in [-0.05, 0) is 31.1 Å². The van der Waals surface area contributed by atoms with Crippen LogP contribution in [0.3, 0.4) is 0 Å². The van der Waals surface area contributed by atoms with Gasteiger partial charge in [-0.2, -0.15) is 0 Å². The van der Waals surface area contributed by atoms with E-state index in [0.717, 1.165) is 12.8 Å². The predicted molar refractivity (Wildman–Crippen MR) is 58.6 cm³/mol. The Kier molecular flexibility index (Phi) is 3.44. The van der Waals surface area contributed by atoms with Gasteiger partial charge in [-0.3, -0.25) is 4.79 Å². The maximum absolute atomic E-state index is 11.1. The number of carboxylic acids is 1. The summed E-state index contributed by atoms with van der Waals surface area (Å²) in [6.45, 7) is 6.04. The van der Waals surface area contributed by atoms with Crippen molar-refractivity contribution in [2.45, 2.75) is 58.5 Å². The van der Waals surface area contributed by atoms with Crippen LogP contribution in [0.5, 0.6) is 0 Å². The van der Waals surface area contributed by atoms with Gasteiger partial charge in [-0.15, -0.1) is 0 Å². The van der Waals surface area contributed by atoms with E-state index in [1.165, 1.54) is 0 Å². The molecule has 0 saturated heterocycles. The zero-order valence-corrected chi connectivity index (χ0v) is 9.92. The van der Waals surface area contributed by atoms with Crippen LogP contribution in [0.2, 0.25) is 0 Å². The van der Waals surface area contributed by atoms with Crippen LogP contribution in [0.25, 0.3) is 0 Å². The molecule has 2 N–H and O–H groups in total. The zero-order valence-electron chi connectivity index (χ0n) is 9.92. The fourth-order valence-corrected chi connectivity index (χ4v) is 2.96. The van der Waals surface area contributed by atoms with E-state index in [1.54, 1.807) is 0 Å². The van der Waals surface area contributed by atoms with Crippen molar-refractivity contribution >= 4 is 5.97 Å². The smallest absolute Gasteiger partial charge is 0.309 e. The third-order valence-corrected chi connectivity index (χ3v) is 3.60. The van der Waals surface area contributed by atoms with Gasteiger partial charge in [-0.25, -0.2) is 0 Å². The number of rotatable bonds is 3. The normalized spacial score (nSPS) is 32.3. The molecule has 0 spiro atoms. The maximum atomic E-state index is 11.1. The second-order valence-electron chi connectivity index (χ2n) is 5.60. The summed E-state index contributed by atoms with van der Waals surface area (Å²) in [5.41, 5.74) is -0.932. The van der Waals surface area contributed by atoms with E-state index in [2.05, 4.69) is 13.8 Å². The summed E-state index contributed by atoms with van der Waals surface area (Å²) >= 11 is 0. The summed E-state index contributed by atoms with van der Waals surface area (Å²) in [6.07, 6.45) is 3.73. The number of carboxylic acid groups (broad SMARTS) is 1. The predicted octanol–water partition coefficient (Wildman–Crippen LogP) is 2.43. The van der Waals surface area contributed by atoms with Crippen LogP contribution in [-0.2, 0) is 4.79 Å². The molecule has 0 aliphatic heterocycles. The van der Waals surface area contributed by atoms with E-state index in [-0.39, 0.29) is 5.41 Å². The number of aliphatic hydroxyl groups is 1. The van der Waals surface area contributed by atoms with Crippen molar-refractivity contribution in [1.29, 1.82) is 0 Å². The Hall–Kier alpha value is -0.570. The molecule has 0 radical (unpaired) electrons. The quantitative estimate of drug-likeness (QED) is 0.758. The van der Waals surface area contributed by atoms with Crippen LogP contribution >= 0.6 is 0 Å². The standard InChI is InChI=1S/C12H22O3/c1-4-9(10(13)14)12(15)7-5-6-11(2,3)8-12/h9,15H,4-8H2,1-3H3,(H,13,14). The molecular formula is C12H22O3. The molecule has 2 unspecified atom stereocenters. The minimum absolute atomic E-state index is 0.0653. The number of hydrogen-bond acceptors (Lipinski definition) is 2. The Balaban J connectivity index is 2.84. The van der Waals surface area contributed by atoms with Crippen LogP contribution in [0.15, 0.2) is 0 Å². The Morgan fingerprint density at radius 3 is 2.40 bits per heavy atom. The number of carbonyl (C=O) groups is 1. The van der Waals surface area contributed by atoms with Crippen LogP contribution in [0.1, 0.15) is 52.9 Å². The van der Waals surface area contributed by atoms with Crippen LogP contribution in [0.4, 0.5) is 0 Å². The summed E-state index contributed by atoms with van der Waals surface area (Å²) in [5, 5.41) is 19.6. The summed E-state index contributed by atoms with van der Waals surface area (Å²) in [6, 6.07) is 0. The summed E-state index contributed by atoms with van der Waals surface area (Å²) in [5.74, 6) is -1.48. The molecule has 15 heavy (non-hydrogen) atoms. The molecular weight excluding hydrogens is 192 g/mol. The molecule has 0 bridgehead atoms. The lowest BCUT2D eigenvalue weighted by Crippen LogP contribution is -2.47. The van der Waals surface area contributed by atoms with Crippen LogP contribution in [-0.4, -0.2) is 21.8 Å². The monoisotopic (exact) mass is 214 g/mol. The highest BCUT2D eigenvalue weighted by Crippen LogP contribution is 2.45. The molecule has 3 nitrogen and oxygen atoms in total. The van der Waals surface area contributed by atoms with Crippen molar-refractivity contribution in [1.82, 2.24) is 0 Å². The van der Waals surface area contributed by atoms with Crippen molar-refractivity contribution < 1.29 is 15.0 Å². The minimum Gasteiger partial charge on any atom is -0.481 e. The third-order valence-electron chi connectivity index (χ3n) is 3.60. The molecule has 1 aliphatic rings. The van der Waals surface area contributed by atoms with Crippen molar-refractivity contribution in [3.8, 4) is 0 Å². The molecule has 1 saturated carbocycles. The molecule has 1 rings (SSSR count). The van der Waals surface area contributed by atoms with E-state index < -0.39 is 17.5 Å². The fourth-order valence-electron chi connectivity index (χ4n) is 2.96. The third kappa shape index (κ3) is 2.71. The Morgan fingerprint density at radius 1 is 1.40 bits per heavy atom. The summed E-state index contributed by atoms with van der Waals surface area (Å²) < 4.78 is 0. The van der Waals surface area contributed by atoms with Crippen molar-refractivity contribution in [3.05, 3.63) is 0 Å². The highest BCUT2D eigenvalue weighted by Gasteiger charge is 2.46. The largest absolute Gasteiger partial charge is 0.481 e. The number of hydrogen-bond donors (Lipinski definition) is 2. The van der Waals surface area contributed by atoms with Gasteiger partial charge in [0.2, 0.25) is 0 Å². The lowest BCUT2D eigenvalue weighted by Gasteiger charge is -2.44. The van der Waals surface area contributed by atoms with Gasteiger partial charge >= 0.3 is 5.97 Å². The molecule has 1 fully saturated rings. The molecule has 88 valence electrons. The van der Waals surface area contributed by atoms with Gasteiger partial charge in [0.05, 0.1) is 11.5 Å². The fraction of sp³-hybridized carbons (Fsp3) is 0.917. The minimum atomic E-state index is -0.998. The van der Waals surface area contributed by atoms with Crippen LogP contribution < -0.4 is 0 Å². The summed E-state index contributed by atoms with van der Waals surface area (Å²) in [7, 11) is 0. The molecule has 2 atom stereocenters. The molecule has 1 aliphatic carbocycles. The van der Waals surface area contributed by atoms with Gasteiger partial charge in [0, 0.05) is 0 Å². The first-order valence-corrected chi connectivity index (χ1v) is 5.76.